The smallest absolute Gasteiger partial charge is 0.0175 e. The highest BCUT2D eigenvalue weighted by atomic mass is 79.9. The molecule has 0 aliphatic carbocycles. The second-order valence-corrected chi connectivity index (χ2v) is 3.25. The topological polar surface area (TPSA) is 38.0 Å². The number of benzene rings is 1. The Bertz CT molecular complexity index is 216. The van der Waals surface area contributed by atoms with Gasteiger partial charge in [-0.1, -0.05) is 28.1 Å². The third-order valence-electron chi connectivity index (χ3n) is 1.47. The maximum absolute atomic E-state index is 5.15. The highest BCUT2D eigenvalue weighted by molar-refractivity contribution is 9.10. The van der Waals surface area contributed by atoms with Crippen LogP contribution in [-0.2, 0) is 6.42 Å². The molecule has 0 saturated carbocycles. The van der Waals surface area contributed by atoms with Gasteiger partial charge in [0.05, 0.1) is 0 Å². The minimum atomic E-state index is 0. The number of nitrogens with two attached hydrogens (primary N) is 1. The number of halogens is 3. The largest absolute Gasteiger partial charge is 0.271 e. The molecule has 0 amide bonds. The number of hydrazine groups is 1. The highest BCUT2D eigenvalue weighted by Gasteiger charge is 1.90. The Morgan fingerprint density at radius 2 is 1.69 bits per heavy atom. The van der Waals surface area contributed by atoms with Gasteiger partial charge < -0.3 is 0 Å². The van der Waals surface area contributed by atoms with Crippen LogP contribution in [0.3, 0.4) is 0 Å². The monoisotopic (exact) mass is 286 g/mol. The molecule has 0 aliphatic heterocycles. The summed E-state index contributed by atoms with van der Waals surface area (Å²) < 4.78 is 1.11. The van der Waals surface area contributed by atoms with Crippen LogP contribution in [0.4, 0.5) is 0 Å². The second kappa shape index (κ2) is 8.78. The second-order valence-electron chi connectivity index (χ2n) is 2.33. The van der Waals surface area contributed by atoms with E-state index in [2.05, 4.69) is 33.5 Å². The molecule has 1 aromatic carbocycles. The molecule has 2 nitrogen and oxygen atoms in total. The molecule has 0 aromatic heterocycles. The molecule has 0 bridgehead atoms. The van der Waals surface area contributed by atoms with Crippen molar-refractivity contribution in [1.82, 2.24) is 5.43 Å². The molecule has 0 atom stereocenters. The predicted octanol–water partition coefficient (Wildman–Crippen LogP) is 2.30. The van der Waals surface area contributed by atoms with Crippen molar-refractivity contribution >= 4 is 40.7 Å². The van der Waals surface area contributed by atoms with Crippen LogP contribution in [0.15, 0.2) is 28.7 Å². The summed E-state index contributed by atoms with van der Waals surface area (Å²) in [7, 11) is 0. The maximum Gasteiger partial charge on any atom is 0.0175 e. The van der Waals surface area contributed by atoms with Gasteiger partial charge in [-0.25, -0.2) is 0 Å². The van der Waals surface area contributed by atoms with Crippen LogP contribution in [-0.4, -0.2) is 6.54 Å². The fourth-order valence-electron chi connectivity index (χ4n) is 0.868. The number of hydrogen-bond donors (Lipinski definition) is 2. The fourth-order valence-corrected chi connectivity index (χ4v) is 1.13. The molecule has 76 valence electrons. The summed E-state index contributed by atoms with van der Waals surface area (Å²) in [5.41, 5.74) is 3.92. The number of nitrogens with one attached hydrogen (secondary N) is 1. The Labute approximate surface area is 99.2 Å². The van der Waals surface area contributed by atoms with Crippen molar-refractivity contribution < 1.29 is 0 Å². The van der Waals surface area contributed by atoms with Gasteiger partial charge in [0.25, 0.3) is 0 Å². The zero-order valence-corrected chi connectivity index (χ0v) is 10.2. The van der Waals surface area contributed by atoms with E-state index in [1.165, 1.54) is 5.56 Å². The Balaban J connectivity index is 0. The Morgan fingerprint density at radius 3 is 2.15 bits per heavy atom. The van der Waals surface area contributed by atoms with Gasteiger partial charge in [0.2, 0.25) is 0 Å². The average molecular weight is 288 g/mol. The van der Waals surface area contributed by atoms with E-state index in [4.69, 9.17) is 5.84 Å². The quantitative estimate of drug-likeness (QED) is 0.661. The minimum Gasteiger partial charge on any atom is -0.271 e. The molecular weight excluding hydrogens is 275 g/mol. The molecule has 0 saturated heterocycles. The summed E-state index contributed by atoms with van der Waals surface area (Å²) in [5.74, 6) is 5.15. The van der Waals surface area contributed by atoms with Crippen LogP contribution in [0, 0.1) is 0 Å². The van der Waals surface area contributed by atoms with Crippen LogP contribution >= 0.6 is 40.7 Å². The van der Waals surface area contributed by atoms with Gasteiger partial charge in [0.15, 0.2) is 0 Å². The first-order valence-corrected chi connectivity index (χ1v) is 4.30. The Morgan fingerprint density at radius 1 is 1.15 bits per heavy atom. The molecule has 5 heteroatoms. The van der Waals surface area contributed by atoms with Gasteiger partial charge in [0, 0.05) is 11.0 Å². The summed E-state index contributed by atoms with van der Waals surface area (Å²) in [6, 6.07) is 8.24. The first-order valence-electron chi connectivity index (χ1n) is 3.51. The van der Waals surface area contributed by atoms with Crippen molar-refractivity contribution in [2.75, 3.05) is 6.54 Å². The molecule has 3 N–H and O–H groups in total. The van der Waals surface area contributed by atoms with Gasteiger partial charge >= 0.3 is 0 Å². The Hall–Kier alpha value is 0.200. The van der Waals surface area contributed by atoms with Crippen LogP contribution in [0.5, 0.6) is 0 Å². The van der Waals surface area contributed by atoms with E-state index >= 15 is 0 Å². The zero-order chi connectivity index (χ0) is 8.10. The molecule has 0 unspecified atom stereocenters. The summed E-state index contributed by atoms with van der Waals surface area (Å²) in [5, 5.41) is 0. The first kappa shape index (κ1) is 15.7. The van der Waals surface area contributed by atoms with Crippen molar-refractivity contribution in [3.8, 4) is 0 Å². The third-order valence-corrected chi connectivity index (χ3v) is 2.00. The van der Waals surface area contributed by atoms with E-state index in [-0.39, 0.29) is 24.8 Å². The Kier molecular flexibility index (Phi) is 10.6. The van der Waals surface area contributed by atoms with Crippen LogP contribution in [0.1, 0.15) is 5.56 Å². The lowest BCUT2D eigenvalue weighted by atomic mass is 10.2. The van der Waals surface area contributed by atoms with Crippen LogP contribution in [0.2, 0.25) is 0 Å². The minimum absolute atomic E-state index is 0. The maximum atomic E-state index is 5.15. The number of rotatable bonds is 3. The van der Waals surface area contributed by atoms with Crippen molar-refractivity contribution in [1.29, 1.82) is 0 Å². The van der Waals surface area contributed by atoms with E-state index in [1.807, 2.05) is 12.1 Å². The summed E-state index contributed by atoms with van der Waals surface area (Å²) >= 11 is 3.37. The van der Waals surface area contributed by atoms with Gasteiger partial charge in [-0.05, 0) is 24.1 Å². The van der Waals surface area contributed by atoms with Gasteiger partial charge in [-0.2, -0.15) is 0 Å². The van der Waals surface area contributed by atoms with Crippen molar-refractivity contribution in [2.45, 2.75) is 6.42 Å². The van der Waals surface area contributed by atoms with E-state index in [0.29, 0.717) is 0 Å². The van der Waals surface area contributed by atoms with E-state index in [1.54, 1.807) is 0 Å². The van der Waals surface area contributed by atoms with E-state index in [0.717, 1.165) is 17.4 Å². The highest BCUT2D eigenvalue weighted by Crippen LogP contribution is 2.10. The molecule has 0 aliphatic rings. The third kappa shape index (κ3) is 6.29. The van der Waals surface area contributed by atoms with Crippen LogP contribution in [0.25, 0.3) is 0 Å². The zero-order valence-electron chi connectivity index (χ0n) is 7.00. The van der Waals surface area contributed by atoms with Gasteiger partial charge in [-0.3, -0.25) is 11.3 Å². The molecule has 0 fully saturated rings. The molecule has 1 rings (SSSR count). The standard InChI is InChI=1S/C8H11BrN2.2ClH/c9-8-3-1-7(2-4-8)5-6-11-10;;/h1-4,11H,5-6,10H2;2*1H. The molecule has 0 heterocycles. The lowest BCUT2D eigenvalue weighted by Gasteiger charge is -1.99. The van der Waals surface area contributed by atoms with Crippen molar-refractivity contribution in [3.05, 3.63) is 34.3 Å². The molecule has 0 radical (unpaired) electrons. The van der Waals surface area contributed by atoms with Gasteiger partial charge in [0.1, 0.15) is 0 Å². The number of hydrogen-bond acceptors (Lipinski definition) is 2. The van der Waals surface area contributed by atoms with Crippen molar-refractivity contribution in [3.63, 3.8) is 0 Å². The lowest BCUT2D eigenvalue weighted by molar-refractivity contribution is 0.728. The van der Waals surface area contributed by atoms with Gasteiger partial charge in [-0.15, -0.1) is 24.8 Å². The average Bonchev–Trinajstić information content (AvgIpc) is 2.04. The predicted molar refractivity (Wildman–Crippen MR) is 64.5 cm³/mol. The van der Waals surface area contributed by atoms with E-state index < -0.39 is 0 Å². The lowest BCUT2D eigenvalue weighted by Crippen LogP contribution is -2.24. The fraction of sp³-hybridized carbons (Fsp3) is 0.250. The first-order chi connectivity index (χ1) is 5.33. The molecule has 0 spiro atoms. The summed E-state index contributed by atoms with van der Waals surface area (Å²) in [4.78, 5) is 0. The molecular formula is C8H13BrCl2N2. The van der Waals surface area contributed by atoms with Crippen LogP contribution < -0.4 is 11.3 Å². The van der Waals surface area contributed by atoms with E-state index in [9.17, 15) is 0 Å². The summed E-state index contributed by atoms with van der Waals surface area (Å²) in [6.07, 6.45) is 0.976. The molecule has 13 heavy (non-hydrogen) atoms. The SMILES string of the molecule is Cl.Cl.NNCCc1ccc(Br)cc1. The summed E-state index contributed by atoms with van der Waals surface area (Å²) in [6.45, 7) is 0.821. The normalized spacial score (nSPS) is 8.46. The molecule has 1 aromatic rings. The van der Waals surface area contributed by atoms with Crippen molar-refractivity contribution in [2.24, 2.45) is 5.84 Å².